The van der Waals surface area contributed by atoms with Crippen LogP contribution in [0.5, 0.6) is 0 Å². The molecule has 0 fully saturated rings. The van der Waals surface area contributed by atoms with Crippen LogP contribution in [0.1, 0.15) is 31.4 Å². The number of nitrogens with zero attached hydrogens (tertiary/aromatic N) is 1. The number of thioether (sulfide) groups is 1. The molecule has 1 N–H and O–H groups in total. The molecule has 0 saturated heterocycles. The Labute approximate surface area is 187 Å². The summed E-state index contributed by atoms with van der Waals surface area (Å²) in [5, 5.41) is 3.88. The molecular formula is C22H26Cl2N2O2S. The van der Waals surface area contributed by atoms with Crippen LogP contribution in [0, 0.1) is 0 Å². The first kappa shape index (κ1) is 23.6. The van der Waals surface area contributed by atoms with Crippen molar-refractivity contribution in [1.29, 1.82) is 0 Å². The number of hydrogen-bond acceptors (Lipinski definition) is 3. The monoisotopic (exact) mass is 452 g/mol. The van der Waals surface area contributed by atoms with E-state index in [1.165, 1.54) is 11.8 Å². The molecule has 2 rings (SSSR count). The minimum atomic E-state index is -0.599. The zero-order valence-electron chi connectivity index (χ0n) is 16.7. The quantitative estimate of drug-likeness (QED) is 0.540. The molecule has 156 valence electrons. The topological polar surface area (TPSA) is 49.4 Å². The Hall–Kier alpha value is -1.69. The summed E-state index contributed by atoms with van der Waals surface area (Å²) in [6, 6.07) is 14.6. The third-order valence-corrected chi connectivity index (χ3v) is 5.98. The van der Waals surface area contributed by atoms with Crippen LogP contribution in [0.2, 0.25) is 10.0 Å². The summed E-state index contributed by atoms with van der Waals surface area (Å²) in [5.41, 5.74) is 1.92. The van der Waals surface area contributed by atoms with Crippen molar-refractivity contribution in [1.82, 2.24) is 10.2 Å². The second-order valence-electron chi connectivity index (χ2n) is 6.70. The van der Waals surface area contributed by atoms with Gasteiger partial charge in [-0.1, -0.05) is 66.5 Å². The maximum Gasteiger partial charge on any atom is 0.242 e. The summed E-state index contributed by atoms with van der Waals surface area (Å²) in [7, 11) is 0. The molecule has 0 aliphatic heterocycles. The highest BCUT2D eigenvalue weighted by atomic mass is 35.5. The van der Waals surface area contributed by atoms with Crippen molar-refractivity contribution < 1.29 is 9.59 Å². The number of halogens is 2. The van der Waals surface area contributed by atoms with E-state index in [9.17, 15) is 9.59 Å². The number of hydrogen-bond donors (Lipinski definition) is 1. The van der Waals surface area contributed by atoms with E-state index in [0.29, 0.717) is 16.6 Å². The molecule has 4 nitrogen and oxygen atoms in total. The van der Waals surface area contributed by atoms with Gasteiger partial charge in [-0.3, -0.25) is 9.59 Å². The van der Waals surface area contributed by atoms with Crippen molar-refractivity contribution >= 4 is 46.8 Å². The zero-order valence-corrected chi connectivity index (χ0v) is 19.0. The van der Waals surface area contributed by atoms with E-state index in [-0.39, 0.29) is 24.1 Å². The van der Waals surface area contributed by atoms with Crippen LogP contribution in [0.4, 0.5) is 0 Å². The van der Waals surface area contributed by atoms with Crippen molar-refractivity contribution in [3.05, 3.63) is 69.7 Å². The second kappa shape index (κ2) is 12.1. The Bertz CT molecular complexity index is 818. The normalized spacial score (nSPS) is 11.7. The third kappa shape index (κ3) is 7.57. The lowest BCUT2D eigenvalue weighted by Crippen LogP contribution is -2.48. The van der Waals surface area contributed by atoms with Crippen molar-refractivity contribution in [3.63, 3.8) is 0 Å². The third-order valence-electron chi connectivity index (χ3n) is 4.41. The maximum atomic E-state index is 13.0. The van der Waals surface area contributed by atoms with E-state index in [0.717, 1.165) is 23.3 Å². The summed E-state index contributed by atoms with van der Waals surface area (Å²) < 4.78 is 0. The minimum Gasteiger partial charge on any atom is -0.354 e. The zero-order chi connectivity index (χ0) is 21.2. The summed E-state index contributed by atoms with van der Waals surface area (Å²) in [5.74, 6) is 0.749. The molecule has 2 aromatic carbocycles. The minimum absolute atomic E-state index is 0.101. The summed E-state index contributed by atoms with van der Waals surface area (Å²) in [4.78, 5) is 27.1. The van der Waals surface area contributed by atoms with Crippen molar-refractivity contribution in [2.75, 3.05) is 12.3 Å². The van der Waals surface area contributed by atoms with Crippen LogP contribution in [0.25, 0.3) is 0 Å². The van der Waals surface area contributed by atoms with Gasteiger partial charge in [-0.2, -0.15) is 0 Å². The van der Waals surface area contributed by atoms with Crippen LogP contribution in [0.3, 0.4) is 0 Å². The summed E-state index contributed by atoms with van der Waals surface area (Å²) in [6.45, 7) is 4.56. The molecule has 29 heavy (non-hydrogen) atoms. The molecule has 2 amide bonds. The SMILES string of the molecule is CCCNC(=O)[C@@H](C)N(Cc1ccc(Cl)cc1Cl)C(=O)CSCc1ccccc1. The molecule has 0 heterocycles. The molecule has 0 aliphatic rings. The molecule has 0 radical (unpaired) electrons. The van der Waals surface area contributed by atoms with Crippen molar-refractivity contribution in [2.24, 2.45) is 0 Å². The Morgan fingerprint density at radius 3 is 2.52 bits per heavy atom. The van der Waals surface area contributed by atoms with Gasteiger partial charge in [0.15, 0.2) is 0 Å². The van der Waals surface area contributed by atoms with Gasteiger partial charge in [0.1, 0.15) is 6.04 Å². The first-order valence-electron chi connectivity index (χ1n) is 9.55. The highest BCUT2D eigenvalue weighted by Crippen LogP contribution is 2.24. The lowest BCUT2D eigenvalue weighted by Gasteiger charge is -2.29. The average molecular weight is 453 g/mol. The maximum absolute atomic E-state index is 13.0. The first-order valence-corrected chi connectivity index (χ1v) is 11.5. The van der Waals surface area contributed by atoms with Crippen LogP contribution < -0.4 is 5.32 Å². The standard InChI is InChI=1S/C22H26Cl2N2O2S/c1-3-11-25-22(28)16(2)26(13-18-9-10-19(23)12-20(18)24)21(27)15-29-14-17-7-5-4-6-8-17/h4-10,12,16H,3,11,13-15H2,1-2H3,(H,25,28)/t16-/m1/s1. The molecule has 0 spiro atoms. The average Bonchev–Trinajstić information content (AvgIpc) is 2.71. The lowest BCUT2D eigenvalue weighted by atomic mass is 10.1. The molecule has 0 aliphatic carbocycles. The summed E-state index contributed by atoms with van der Waals surface area (Å²) >= 11 is 13.8. The van der Waals surface area contributed by atoms with E-state index < -0.39 is 6.04 Å². The fourth-order valence-corrected chi connectivity index (χ4v) is 4.06. The van der Waals surface area contributed by atoms with Gasteiger partial charge in [-0.05, 0) is 36.6 Å². The Kier molecular flexibility index (Phi) is 9.85. The molecule has 7 heteroatoms. The molecule has 1 atom stereocenters. The van der Waals surface area contributed by atoms with Gasteiger partial charge >= 0.3 is 0 Å². The highest BCUT2D eigenvalue weighted by molar-refractivity contribution is 7.99. The van der Waals surface area contributed by atoms with Crippen LogP contribution in [-0.4, -0.2) is 35.1 Å². The number of rotatable bonds is 10. The number of carbonyl (C=O) groups is 2. The van der Waals surface area contributed by atoms with E-state index >= 15 is 0 Å². The molecular weight excluding hydrogens is 427 g/mol. The fraction of sp³-hybridized carbons (Fsp3) is 0.364. The van der Waals surface area contributed by atoms with E-state index in [4.69, 9.17) is 23.2 Å². The summed E-state index contributed by atoms with van der Waals surface area (Å²) in [6.07, 6.45) is 0.836. The van der Waals surface area contributed by atoms with Crippen LogP contribution in [-0.2, 0) is 21.9 Å². The molecule has 0 bridgehead atoms. The van der Waals surface area contributed by atoms with Gasteiger partial charge in [-0.25, -0.2) is 0 Å². The Balaban J connectivity index is 2.09. The second-order valence-corrected chi connectivity index (χ2v) is 8.53. The number of nitrogens with one attached hydrogen (secondary N) is 1. The number of amides is 2. The van der Waals surface area contributed by atoms with Gasteiger partial charge in [0.05, 0.1) is 5.75 Å². The molecule has 0 aromatic heterocycles. The fourth-order valence-electron chi connectivity index (χ4n) is 2.73. The Morgan fingerprint density at radius 1 is 1.14 bits per heavy atom. The highest BCUT2D eigenvalue weighted by Gasteiger charge is 2.26. The predicted molar refractivity (Wildman–Crippen MR) is 122 cm³/mol. The number of benzene rings is 2. The lowest BCUT2D eigenvalue weighted by molar-refractivity contribution is -0.138. The molecule has 0 unspecified atom stereocenters. The number of carbonyl (C=O) groups excluding carboxylic acids is 2. The van der Waals surface area contributed by atoms with Crippen LogP contribution in [0.15, 0.2) is 48.5 Å². The predicted octanol–water partition coefficient (Wildman–Crippen LogP) is 5.17. The first-order chi connectivity index (χ1) is 13.9. The van der Waals surface area contributed by atoms with E-state index in [1.54, 1.807) is 30.0 Å². The Morgan fingerprint density at radius 2 is 1.86 bits per heavy atom. The van der Waals surface area contributed by atoms with E-state index in [2.05, 4.69) is 5.32 Å². The van der Waals surface area contributed by atoms with Gasteiger partial charge < -0.3 is 10.2 Å². The van der Waals surface area contributed by atoms with Crippen molar-refractivity contribution in [3.8, 4) is 0 Å². The van der Waals surface area contributed by atoms with Gasteiger partial charge in [0, 0.05) is 28.9 Å². The van der Waals surface area contributed by atoms with Gasteiger partial charge in [0.25, 0.3) is 0 Å². The van der Waals surface area contributed by atoms with Crippen LogP contribution >= 0.6 is 35.0 Å². The van der Waals surface area contributed by atoms with E-state index in [1.807, 2.05) is 37.3 Å². The van der Waals surface area contributed by atoms with Gasteiger partial charge in [-0.15, -0.1) is 11.8 Å². The smallest absolute Gasteiger partial charge is 0.242 e. The van der Waals surface area contributed by atoms with Gasteiger partial charge in [0.2, 0.25) is 11.8 Å². The molecule has 0 saturated carbocycles. The largest absolute Gasteiger partial charge is 0.354 e. The molecule has 2 aromatic rings. The van der Waals surface area contributed by atoms with Crippen molar-refractivity contribution in [2.45, 2.75) is 38.6 Å².